The van der Waals surface area contributed by atoms with Gasteiger partial charge in [0, 0.05) is 43.6 Å². The molecule has 1 unspecified atom stereocenters. The number of hydrogen-bond acceptors (Lipinski definition) is 4. The summed E-state index contributed by atoms with van der Waals surface area (Å²) in [4.78, 5) is 29.1. The lowest BCUT2D eigenvalue weighted by Gasteiger charge is -2.39. The van der Waals surface area contributed by atoms with Gasteiger partial charge in [-0.05, 0) is 30.0 Å². The molecule has 26 heavy (non-hydrogen) atoms. The second-order valence-electron chi connectivity index (χ2n) is 7.10. The second kappa shape index (κ2) is 6.61. The minimum absolute atomic E-state index is 0.0523. The maximum absolute atomic E-state index is 12.4. The summed E-state index contributed by atoms with van der Waals surface area (Å²) < 4.78 is 1.57. The normalized spacial score (nSPS) is 24.0. The van der Waals surface area contributed by atoms with E-state index in [1.807, 2.05) is 18.3 Å². The predicted molar refractivity (Wildman–Crippen MR) is 98.7 cm³/mol. The van der Waals surface area contributed by atoms with Gasteiger partial charge in [-0.25, -0.2) is 4.79 Å². The van der Waals surface area contributed by atoms with Crippen LogP contribution in [0.15, 0.2) is 37.1 Å². The summed E-state index contributed by atoms with van der Waals surface area (Å²) in [6.45, 7) is 6.23. The third-order valence-corrected chi connectivity index (χ3v) is 5.41. The Hall–Kier alpha value is -2.60. The van der Waals surface area contributed by atoms with Crippen LogP contribution in [-0.4, -0.2) is 35.7 Å². The Kier molecular flexibility index (Phi) is 4.28. The summed E-state index contributed by atoms with van der Waals surface area (Å²) >= 11 is 0. The minimum atomic E-state index is -0.340. The van der Waals surface area contributed by atoms with Crippen LogP contribution in [0, 0.1) is 5.92 Å². The highest BCUT2D eigenvalue weighted by atomic mass is 16.7. The van der Waals surface area contributed by atoms with Crippen molar-refractivity contribution in [2.24, 2.45) is 5.92 Å². The maximum atomic E-state index is 12.4. The third-order valence-electron chi connectivity index (χ3n) is 5.41. The molecule has 6 nitrogen and oxygen atoms in total. The van der Waals surface area contributed by atoms with Gasteiger partial charge in [-0.15, -0.1) is 6.58 Å². The van der Waals surface area contributed by atoms with E-state index in [9.17, 15) is 9.59 Å². The molecule has 6 heteroatoms. The van der Waals surface area contributed by atoms with E-state index in [-0.39, 0.29) is 23.7 Å². The fourth-order valence-electron chi connectivity index (χ4n) is 4.35. The van der Waals surface area contributed by atoms with Crippen LogP contribution < -0.4 is 15.5 Å². The Morgan fingerprint density at radius 1 is 1.46 bits per heavy atom. The average Bonchev–Trinajstić information content (AvgIpc) is 2.97. The summed E-state index contributed by atoms with van der Waals surface area (Å²) in [5.74, 6) is -0.0462. The number of amides is 1. The van der Waals surface area contributed by atoms with E-state index in [1.54, 1.807) is 10.8 Å². The van der Waals surface area contributed by atoms with Gasteiger partial charge < -0.3 is 15.5 Å². The van der Waals surface area contributed by atoms with Crippen LogP contribution in [0.3, 0.4) is 0 Å². The minimum Gasteiger partial charge on any atom is -0.352 e. The number of fused-ring (bicyclic) bond motifs is 2. The van der Waals surface area contributed by atoms with Crippen LogP contribution in [-0.2, 0) is 16.0 Å². The predicted octanol–water partition coefficient (Wildman–Crippen LogP) is 1.54. The molecule has 1 amide bonds. The summed E-state index contributed by atoms with van der Waals surface area (Å²) in [5.41, 5.74) is 3.32. The molecule has 3 atom stereocenters. The molecule has 1 aromatic carbocycles. The van der Waals surface area contributed by atoms with Gasteiger partial charge in [0.25, 0.3) is 0 Å². The highest BCUT2D eigenvalue weighted by Crippen LogP contribution is 2.42. The molecule has 2 N–H and O–H groups in total. The molecular formula is C20H23N3O3. The number of nitrogens with one attached hydrogen (secondary N) is 2. The highest BCUT2D eigenvalue weighted by Gasteiger charge is 2.38. The maximum Gasteiger partial charge on any atom is 0.329 e. The second-order valence-corrected chi connectivity index (χ2v) is 7.10. The average molecular weight is 353 g/mol. The van der Waals surface area contributed by atoms with Gasteiger partial charge in [-0.3, -0.25) is 4.79 Å². The Morgan fingerprint density at radius 2 is 2.31 bits per heavy atom. The molecule has 2 aromatic rings. The molecule has 1 aliphatic heterocycles. The fraction of sp³-hybridized carbons (Fsp3) is 0.400. The lowest BCUT2D eigenvalue weighted by Crippen LogP contribution is -2.50. The van der Waals surface area contributed by atoms with E-state index >= 15 is 0 Å². The molecule has 1 aliphatic carbocycles. The summed E-state index contributed by atoms with van der Waals surface area (Å²) in [7, 11) is 0. The van der Waals surface area contributed by atoms with Crippen LogP contribution >= 0.6 is 0 Å². The van der Waals surface area contributed by atoms with Crippen molar-refractivity contribution in [2.45, 2.75) is 31.7 Å². The number of nitrogens with zero attached hydrogens (tertiary/aromatic N) is 1. The van der Waals surface area contributed by atoms with E-state index in [4.69, 9.17) is 4.84 Å². The summed E-state index contributed by atoms with van der Waals surface area (Å²) in [6.07, 6.45) is 5.30. The number of hydrogen-bond donors (Lipinski definition) is 2. The van der Waals surface area contributed by atoms with Gasteiger partial charge in [-0.2, -0.15) is 4.73 Å². The van der Waals surface area contributed by atoms with Crippen molar-refractivity contribution in [1.29, 1.82) is 0 Å². The zero-order chi connectivity index (χ0) is 18.3. The molecule has 1 fully saturated rings. The first-order valence-corrected chi connectivity index (χ1v) is 9.02. The third kappa shape index (κ3) is 2.80. The Balaban J connectivity index is 1.67. The SMILES string of the molecule is C=CCNC(=O)C1CN[C@@H]2Cc3cn(OC(C)=O)c4cccc(c34)[C@H]2C1. The molecule has 4 rings (SSSR count). The molecule has 0 radical (unpaired) electrons. The lowest BCUT2D eigenvalue weighted by molar-refractivity contribution is -0.140. The first kappa shape index (κ1) is 16.8. The van der Waals surface area contributed by atoms with Crippen molar-refractivity contribution in [3.05, 3.63) is 48.2 Å². The van der Waals surface area contributed by atoms with Crippen LogP contribution in [0.25, 0.3) is 10.9 Å². The Bertz CT molecular complexity index is 886. The topological polar surface area (TPSA) is 72.4 Å². The van der Waals surface area contributed by atoms with Crippen molar-refractivity contribution in [3.63, 3.8) is 0 Å². The molecule has 0 bridgehead atoms. The number of carbonyl (C=O) groups excluding carboxylic acids is 2. The molecule has 2 aliphatic rings. The number of aromatic nitrogens is 1. The van der Waals surface area contributed by atoms with Crippen LogP contribution in [0.1, 0.15) is 30.4 Å². The lowest BCUT2D eigenvalue weighted by atomic mass is 9.73. The van der Waals surface area contributed by atoms with E-state index in [0.29, 0.717) is 19.1 Å². The first-order valence-electron chi connectivity index (χ1n) is 9.02. The first-order chi connectivity index (χ1) is 12.6. The van der Waals surface area contributed by atoms with Crippen molar-refractivity contribution >= 4 is 22.8 Å². The zero-order valence-corrected chi connectivity index (χ0v) is 14.8. The highest BCUT2D eigenvalue weighted by molar-refractivity contribution is 5.89. The Morgan fingerprint density at radius 3 is 3.08 bits per heavy atom. The molecule has 0 spiro atoms. The van der Waals surface area contributed by atoms with Crippen molar-refractivity contribution in [2.75, 3.05) is 13.1 Å². The van der Waals surface area contributed by atoms with E-state index in [0.717, 1.165) is 23.7 Å². The number of rotatable bonds is 4. The van der Waals surface area contributed by atoms with Crippen LogP contribution in [0.2, 0.25) is 0 Å². The number of benzene rings is 1. The van der Waals surface area contributed by atoms with Gasteiger partial charge in [0.05, 0.1) is 11.4 Å². The Labute approximate surface area is 152 Å². The van der Waals surface area contributed by atoms with Gasteiger partial charge in [0.15, 0.2) is 0 Å². The van der Waals surface area contributed by atoms with Gasteiger partial charge in [-0.1, -0.05) is 18.2 Å². The van der Waals surface area contributed by atoms with Crippen molar-refractivity contribution in [3.8, 4) is 0 Å². The molecular weight excluding hydrogens is 330 g/mol. The molecule has 136 valence electrons. The summed E-state index contributed by atoms with van der Waals surface area (Å²) in [5, 5.41) is 7.62. The largest absolute Gasteiger partial charge is 0.352 e. The van der Waals surface area contributed by atoms with E-state index in [1.165, 1.54) is 18.1 Å². The molecule has 0 saturated carbocycles. The quantitative estimate of drug-likeness (QED) is 0.818. The molecule has 1 saturated heterocycles. The zero-order valence-electron chi connectivity index (χ0n) is 14.8. The van der Waals surface area contributed by atoms with Crippen LogP contribution in [0.5, 0.6) is 0 Å². The van der Waals surface area contributed by atoms with Gasteiger partial charge in [0.1, 0.15) is 0 Å². The van der Waals surface area contributed by atoms with Crippen molar-refractivity contribution in [1.82, 2.24) is 15.4 Å². The molecule has 2 heterocycles. The van der Waals surface area contributed by atoms with Gasteiger partial charge in [0.2, 0.25) is 5.91 Å². The van der Waals surface area contributed by atoms with E-state index in [2.05, 4.69) is 23.3 Å². The van der Waals surface area contributed by atoms with Gasteiger partial charge >= 0.3 is 5.97 Å². The number of piperidine rings is 1. The van der Waals surface area contributed by atoms with E-state index < -0.39 is 0 Å². The molecule has 1 aromatic heterocycles. The standard InChI is InChI=1S/C20H23N3O3/c1-3-7-21-20(25)13-8-16-15-5-4-6-18-19(15)14(9-17(16)22-10-13)11-23(18)26-12(2)24/h3-6,11,13,16-17,22H,1,7-10H2,2H3,(H,21,25)/t13?,16-,17-/m1/s1. The van der Waals surface area contributed by atoms with Crippen molar-refractivity contribution < 1.29 is 14.4 Å². The number of carbonyl (C=O) groups is 2. The van der Waals surface area contributed by atoms with Crippen LogP contribution in [0.4, 0.5) is 0 Å². The smallest absolute Gasteiger partial charge is 0.329 e. The summed E-state index contributed by atoms with van der Waals surface area (Å²) in [6, 6.07) is 6.39. The monoisotopic (exact) mass is 353 g/mol. The fourth-order valence-corrected chi connectivity index (χ4v) is 4.35.